The lowest BCUT2D eigenvalue weighted by Crippen LogP contribution is -2.36. The number of hydrogen-bond acceptors (Lipinski definition) is 5. The van der Waals surface area contributed by atoms with Gasteiger partial charge in [0.1, 0.15) is 24.7 Å². The van der Waals surface area contributed by atoms with Gasteiger partial charge in [0.05, 0.1) is 6.54 Å². The molecule has 1 aromatic heterocycles. The summed E-state index contributed by atoms with van der Waals surface area (Å²) in [6.07, 6.45) is 1.94. The molecular formula is C18H18ClN5O2. The Morgan fingerprint density at radius 3 is 2.62 bits per heavy atom. The van der Waals surface area contributed by atoms with E-state index >= 15 is 0 Å². The quantitative estimate of drug-likeness (QED) is 0.614. The Labute approximate surface area is 155 Å². The van der Waals surface area contributed by atoms with Crippen molar-refractivity contribution in [3.05, 3.63) is 71.5 Å². The van der Waals surface area contributed by atoms with Crippen LogP contribution >= 0.6 is 11.6 Å². The van der Waals surface area contributed by atoms with Crippen LogP contribution in [-0.2, 0) is 11.2 Å². The highest BCUT2D eigenvalue weighted by molar-refractivity contribution is 6.30. The van der Waals surface area contributed by atoms with E-state index in [1.165, 1.54) is 11.0 Å². The number of tetrazole rings is 1. The van der Waals surface area contributed by atoms with Gasteiger partial charge in [-0.15, -0.1) is 5.10 Å². The summed E-state index contributed by atoms with van der Waals surface area (Å²) in [5.74, 6) is 0.533. The maximum atomic E-state index is 12.6. The van der Waals surface area contributed by atoms with Crippen LogP contribution in [0.3, 0.4) is 0 Å². The van der Waals surface area contributed by atoms with Gasteiger partial charge in [-0.05, 0) is 40.3 Å². The third-order valence-corrected chi connectivity index (χ3v) is 3.99. The fourth-order valence-corrected chi connectivity index (χ4v) is 2.57. The second kappa shape index (κ2) is 8.96. The van der Waals surface area contributed by atoms with Gasteiger partial charge in [0.15, 0.2) is 0 Å². The average Bonchev–Trinajstić information content (AvgIpc) is 3.20. The van der Waals surface area contributed by atoms with Crippen molar-refractivity contribution < 1.29 is 9.53 Å². The number of aromatic nitrogens is 4. The Morgan fingerprint density at radius 1 is 1.15 bits per heavy atom. The molecule has 7 nitrogen and oxygen atoms in total. The van der Waals surface area contributed by atoms with Crippen molar-refractivity contribution >= 4 is 17.5 Å². The van der Waals surface area contributed by atoms with Crippen LogP contribution in [0.1, 0.15) is 11.6 Å². The third kappa shape index (κ3) is 5.03. The van der Waals surface area contributed by atoms with E-state index in [9.17, 15) is 4.79 Å². The number of rotatable bonds is 8. The SMILES string of the molecule is O=C(NCCOc1ccc(Cl)cc1)C(Cc1ccccc1)n1cnnn1. The predicted octanol–water partition coefficient (Wildman–Crippen LogP) is 2.31. The summed E-state index contributed by atoms with van der Waals surface area (Å²) in [5.41, 5.74) is 1.03. The second-order valence-corrected chi connectivity index (χ2v) is 6.03. The molecule has 8 heteroatoms. The van der Waals surface area contributed by atoms with E-state index in [1.807, 2.05) is 30.3 Å². The number of carbonyl (C=O) groups is 1. The molecule has 0 bridgehead atoms. The number of carbonyl (C=O) groups excluding carboxylic acids is 1. The molecule has 0 aliphatic carbocycles. The Morgan fingerprint density at radius 2 is 1.92 bits per heavy atom. The molecule has 0 radical (unpaired) electrons. The molecule has 134 valence electrons. The second-order valence-electron chi connectivity index (χ2n) is 5.59. The molecule has 1 unspecified atom stereocenters. The molecule has 1 N–H and O–H groups in total. The zero-order chi connectivity index (χ0) is 18.2. The fourth-order valence-electron chi connectivity index (χ4n) is 2.45. The van der Waals surface area contributed by atoms with Crippen LogP contribution in [0.15, 0.2) is 60.9 Å². The van der Waals surface area contributed by atoms with Crippen molar-refractivity contribution in [2.24, 2.45) is 0 Å². The normalized spacial score (nSPS) is 11.7. The van der Waals surface area contributed by atoms with Crippen molar-refractivity contribution in [2.75, 3.05) is 13.2 Å². The highest BCUT2D eigenvalue weighted by Gasteiger charge is 2.21. The first-order valence-corrected chi connectivity index (χ1v) is 8.52. The van der Waals surface area contributed by atoms with Crippen LogP contribution in [0.25, 0.3) is 0 Å². The lowest BCUT2D eigenvalue weighted by atomic mass is 10.1. The van der Waals surface area contributed by atoms with Gasteiger partial charge in [-0.1, -0.05) is 41.9 Å². The monoisotopic (exact) mass is 371 g/mol. The van der Waals surface area contributed by atoms with E-state index in [4.69, 9.17) is 16.3 Å². The highest BCUT2D eigenvalue weighted by atomic mass is 35.5. The van der Waals surface area contributed by atoms with Gasteiger partial charge in [-0.2, -0.15) is 0 Å². The number of amides is 1. The minimum atomic E-state index is -0.525. The molecular weight excluding hydrogens is 354 g/mol. The van der Waals surface area contributed by atoms with E-state index in [1.54, 1.807) is 24.3 Å². The smallest absolute Gasteiger partial charge is 0.245 e. The number of halogens is 1. The first-order valence-electron chi connectivity index (χ1n) is 8.15. The minimum absolute atomic E-state index is 0.166. The first kappa shape index (κ1) is 17.9. The van der Waals surface area contributed by atoms with E-state index < -0.39 is 6.04 Å². The molecule has 1 amide bonds. The average molecular weight is 372 g/mol. The molecule has 0 saturated carbocycles. The number of nitrogens with one attached hydrogen (secondary N) is 1. The van der Waals surface area contributed by atoms with E-state index in [2.05, 4.69) is 20.8 Å². The number of nitrogens with zero attached hydrogens (tertiary/aromatic N) is 4. The molecule has 0 saturated heterocycles. The highest BCUT2D eigenvalue weighted by Crippen LogP contribution is 2.15. The van der Waals surface area contributed by atoms with E-state index in [0.717, 1.165) is 5.56 Å². The van der Waals surface area contributed by atoms with Crippen molar-refractivity contribution in [3.8, 4) is 5.75 Å². The van der Waals surface area contributed by atoms with Gasteiger partial charge in [0.2, 0.25) is 5.91 Å². The van der Waals surface area contributed by atoms with Crippen LogP contribution in [0.5, 0.6) is 5.75 Å². The van der Waals surface area contributed by atoms with Crippen molar-refractivity contribution in [1.82, 2.24) is 25.5 Å². The number of ether oxygens (including phenoxy) is 1. The summed E-state index contributed by atoms with van der Waals surface area (Å²) >= 11 is 5.83. The maximum Gasteiger partial charge on any atom is 0.245 e. The number of benzene rings is 2. The van der Waals surface area contributed by atoms with Gasteiger partial charge < -0.3 is 10.1 Å². The Bertz CT molecular complexity index is 809. The minimum Gasteiger partial charge on any atom is -0.492 e. The summed E-state index contributed by atoms with van der Waals surface area (Å²) in [5, 5.41) is 14.6. The van der Waals surface area contributed by atoms with Gasteiger partial charge in [-0.25, -0.2) is 4.68 Å². The van der Waals surface area contributed by atoms with Crippen LogP contribution < -0.4 is 10.1 Å². The first-order chi connectivity index (χ1) is 12.7. The van der Waals surface area contributed by atoms with E-state index in [0.29, 0.717) is 30.3 Å². The Balaban J connectivity index is 1.54. The fraction of sp³-hybridized carbons (Fsp3) is 0.222. The van der Waals surface area contributed by atoms with Gasteiger partial charge in [-0.3, -0.25) is 4.79 Å². The molecule has 0 aliphatic rings. The Kier molecular flexibility index (Phi) is 6.16. The molecule has 0 spiro atoms. The molecule has 0 fully saturated rings. The van der Waals surface area contributed by atoms with Gasteiger partial charge in [0, 0.05) is 11.4 Å². The van der Waals surface area contributed by atoms with Gasteiger partial charge in [0.25, 0.3) is 0 Å². The van der Waals surface area contributed by atoms with Gasteiger partial charge >= 0.3 is 0 Å². The van der Waals surface area contributed by atoms with Crippen LogP contribution in [0.2, 0.25) is 5.02 Å². The summed E-state index contributed by atoms with van der Waals surface area (Å²) in [6, 6.07) is 16.3. The summed E-state index contributed by atoms with van der Waals surface area (Å²) in [7, 11) is 0. The molecule has 26 heavy (non-hydrogen) atoms. The Hall–Kier alpha value is -2.93. The maximum absolute atomic E-state index is 12.6. The molecule has 3 rings (SSSR count). The lowest BCUT2D eigenvalue weighted by molar-refractivity contribution is -0.124. The summed E-state index contributed by atoms with van der Waals surface area (Å²) in [6.45, 7) is 0.718. The molecule has 1 heterocycles. The standard InChI is InChI=1S/C18H18ClN5O2/c19-15-6-8-16(9-7-15)26-11-10-20-18(25)17(24-13-21-22-23-24)12-14-4-2-1-3-5-14/h1-9,13,17H,10-12H2,(H,20,25). The van der Waals surface area contributed by atoms with Crippen LogP contribution in [-0.4, -0.2) is 39.3 Å². The molecule has 1 atom stereocenters. The molecule has 0 aliphatic heterocycles. The number of hydrogen-bond donors (Lipinski definition) is 1. The van der Waals surface area contributed by atoms with Crippen LogP contribution in [0, 0.1) is 0 Å². The van der Waals surface area contributed by atoms with Crippen molar-refractivity contribution in [2.45, 2.75) is 12.5 Å². The lowest BCUT2D eigenvalue weighted by Gasteiger charge is -2.16. The summed E-state index contributed by atoms with van der Waals surface area (Å²) < 4.78 is 7.04. The largest absolute Gasteiger partial charge is 0.492 e. The van der Waals surface area contributed by atoms with Crippen molar-refractivity contribution in [1.29, 1.82) is 0 Å². The van der Waals surface area contributed by atoms with Crippen molar-refractivity contribution in [3.63, 3.8) is 0 Å². The zero-order valence-electron chi connectivity index (χ0n) is 14.0. The van der Waals surface area contributed by atoms with E-state index in [-0.39, 0.29) is 5.91 Å². The molecule has 2 aromatic carbocycles. The topological polar surface area (TPSA) is 81.9 Å². The molecule has 3 aromatic rings. The van der Waals surface area contributed by atoms with Crippen LogP contribution in [0.4, 0.5) is 0 Å². The third-order valence-electron chi connectivity index (χ3n) is 3.74. The zero-order valence-corrected chi connectivity index (χ0v) is 14.7. The summed E-state index contributed by atoms with van der Waals surface area (Å²) in [4.78, 5) is 12.6. The predicted molar refractivity (Wildman–Crippen MR) is 97.0 cm³/mol.